The van der Waals surface area contributed by atoms with Crippen LogP contribution < -0.4 is 10.2 Å². The van der Waals surface area contributed by atoms with E-state index in [2.05, 4.69) is 27.4 Å². The van der Waals surface area contributed by atoms with Crippen LogP contribution in [0.2, 0.25) is 0 Å². The van der Waals surface area contributed by atoms with Crippen LogP contribution in [0.3, 0.4) is 0 Å². The van der Waals surface area contributed by atoms with Gasteiger partial charge in [0.1, 0.15) is 12.4 Å². The van der Waals surface area contributed by atoms with E-state index in [0.717, 1.165) is 25.9 Å². The lowest BCUT2D eigenvalue weighted by atomic mass is 10.0. The first kappa shape index (κ1) is 16.9. The molecule has 1 atom stereocenters. The molecule has 0 spiro atoms. The summed E-state index contributed by atoms with van der Waals surface area (Å²) in [5.41, 5.74) is 1.11. The lowest BCUT2D eigenvalue weighted by Gasteiger charge is -2.34. The highest BCUT2D eigenvalue weighted by Crippen LogP contribution is 2.19. The van der Waals surface area contributed by atoms with Gasteiger partial charge in [-0.25, -0.2) is 0 Å². The standard InChI is InChI=1S/C17H21N5O3/c23-17(8-10-21-13-16(11-18-21)22(24)25)19-14-5-4-9-20(12-14)15-6-2-1-3-7-15/h1-3,6-7,11,13-14H,4-5,8-10,12H2,(H,19,23)/t14-/m1/s1. The first-order chi connectivity index (χ1) is 12.1. The third kappa shape index (κ3) is 4.56. The van der Waals surface area contributed by atoms with Crippen molar-refractivity contribution in [1.29, 1.82) is 0 Å². The summed E-state index contributed by atoms with van der Waals surface area (Å²) in [6.07, 6.45) is 4.77. The summed E-state index contributed by atoms with van der Waals surface area (Å²) in [6.45, 7) is 2.12. The number of carbonyl (C=O) groups is 1. The number of carbonyl (C=O) groups excluding carboxylic acids is 1. The molecule has 2 aromatic rings. The Labute approximate surface area is 145 Å². The maximum atomic E-state index is 12.2. The van der Waals surface area contributed by atoms with E-state index in [4.69, 9.17) is 0 Å². The van der Waals surface area contributed by atoms with Crippen molar-refractivity contribution in [3.63, 3.8) is 0 Å². The zero-order valence-electron chi connectivity index (χ0n) is 13.9. The van der Waals surface area contributed by atoms with E-state index in [1.54, 1.807) is 0 Å². The summed E-state index contributed by atoms with van der Waals surface area (Å²) in [5, 5.41) is 17.6. The number of piperidine rings is 1. The normalized spacial score (nSPS) is 17.3. The number of aromatic nitrogens is 2. The van der Waals surface area contributed by atoms with Crippen molar-refractivity contribution in [2.45, 2.75) is 31.8 Å². The van der Waals surface area contributed by atoms with Crippen LogP contribution in [-0.2, 0) is 11.3 Å². The van der Waals surface area contributed by atoms with Gasteiger partial charge in [0.15, 0.2) is 0 Å². The van der Waals surface area contributed by atoms with E-state index < -0.39 is 4.92 Å². The Morgan fingerprint density at radius 1 is 1.36 bits per heavy atom. The van der Waals surface area contributed by atoms with Gasteiger partial charge in [0.2, 0.25) is 5.91 Å². The van der Waals surface area contributed by atoms with Crippen molar-refractivity contribution in [3.8, 4) is 0 Å². The zero-order valence-corrected chi connectivity index (χ0v) is 13.9. The molecular weight excluding hydrogens is 322 g/mol. The monoisotopic (exact) mass is 343 g/mol. The molecule has 3 rings (SSSR count). The smallest absolute Gasteiger partial charge is 0.306 e. The summed E-state index contributed by atoms with van der Waals surface area (Å²) in [7, 11) is 0. The molecule has 25 heavy (non-hydrogen) atoms. The summed E-state index contributed by atoms with van der Waals surface area (Å²) >= 11 is 0. The minimum atomic E-state index is -0.496. The van der Waals surface area contributed by atoms with Crippen LogP contribution in [0, 0.1) is 10.1 Å². The van der Waals surface area contributed by atoms with Crippen LogP contribution in [0.25, 0.3) is 0 Å². The van der Waals surface area contributed by atoms with Crippen LogP contribution in [-0.4, -0.2) is 39.7 Å². The number of amides is 1. The fourth-order valence-corrected chi connectivity index (χ4v) is 3.05. The second-order valence-electron chi connectivity index (χ2n) is 6.16. The molecular formula is C17H21N5O3. The maximum Gasteiger partial charge on any atom is 0.306 e. The Morgan fingerprint density at radius 3 is 2.88 bits per heavy atom. The van der Waals surface area contributed by atoms with Gasteiger partial charge in [-0.1, -0.05) is 18.2 Å². The molecule has 0 radical (unpaired) electrons. The van der Waals surface area contributed by atoms with Gasteiger partial charge in [-0.2, -0.15) is 5.10 Å². The van der Waals surface area contributed by atoms with Crippen molar-refractivity contribution in [2.24, 2.45) is 0 Å². The number of nitro groups is 1. The molecule has 0 aliphatic carbocycles. The molecule has 8 heteroatoms. The Morgan fingerprint density at radius 2 is 2.16 bits per heavy atom. The van der Waals surface area contributed by atoms with Crippen molar-refractivity contribution < 1.29 is 9.72 Å². The molecule has 1 amide bonds. The molecule has 8 nitrogen and oxygen atoms in total. The predicted molar refractivity (Wildman–Crippen MR) is 93.3 cm³/mol. The summed E-state index contributed by atoms with van der Waals surface area (Å²) < 4.78 is 1.43. The predicted octanol–water partition coefficient (Wildman–Crippen LogP) is 1.97. The number of hydrogen-bond donors (Lipinski definition) is 1. The van der Waals surface area contributed by atoms with Gasteiger partial charge in [0.25, 0.3) is 0 Å². The van der Waals surface area contributed by atoms with E-state index in [1.807, 2.05) is 18.2 Å². The number of aryl methyl sites for hydroxylation is 1. The molecule has 1 aliphatic rings. The van der Waals surface area contributed by atoms with Crippen molar-refractivity contribution >= 4 is 17.3 Å². The fourth-order valence-electron chi connectivity index (χ4n) is 3.05. The molecule has 0 bridgehead atoms. The largest absolute Gasteiger partial charge is 0.369 e. The van der Waals surface area contributed by atoms with Crippen LogP contribution >= 0.6 is 0 Å². The number of para-hydroxylation sites is 1. The van der Waals surface area contributed by atoms with Gasteiger partial charge in [-0.3, -0.25) is 19.6 Å². The number of benzene rings is 1. The van der Waals surface area contributed by atoms with Crippen LogP contribution in [0.1, 0.15) is 19.3 Å². The van der Waals surface area contributed by atoms with E-state index in [9.17, 15) is 14.9 Å². The number of anilines is 1. The zero-order chi connectivity index (χ0) is 17.6. The molecule has 132 valence electrons. The molecule has 1 aromatic carbocycles. The Bertz CT molecular complexity index is 731. The highest BCUT2D eigenvalue weighted by atomic mass is 16.6. The molecule has 0 saturated carbocycles. The molecule has 1 aromatic heterocycles. The molecule has 0 unspecified atom stereocenters. The van der Waals surface area contributed by atoms with Crippen molar-refractivity contribution in [3.05, 3.63) is 52.8 Å². The molecule has 1 N–H and O–H groups in total. The average molecular weight is 343 g/mol. The topological polar surface area (TPSA) is 93.3 Å². The Balaban J connectivity index is 1.48. The summed E-state index contributed by atoms with van der Waals surface area (Å²) in [5.74, 6) is -0.0573. The number of nitrogens with one attached hydrogen (secondary N) is 1. The number of hydrogen-bond acceptors (Lipinski definition) is 5. The minimum Gasteiger partial charge on any atom is -0.369 e. The highest BCUT2D eigenvalue weighted by molar-refractivity contribution is 5.76. The third-order valence-electron chi connectivity index (χ3n) is 4.31. The van der Waals surface area contributed by atoms with Crippen LogP contribution in [0.15, 0.2) is 42.7 Å². The van der Waals surface area contributed by atoms with Gasteiger partial charge >= 0.3 is 5.69 Å². The summed E-state index contributed by atoms with van der Waals surface area (Å²) in [4.78, 5) is 24.6. The molecule has 1 fully saturated rings. The Hall–Kier alpha value is -2.90. The third-order valence-corrected chi connectivity index (χ3v) is 4.31. The van der Waals surface area contributed by atoms with Gasteiger partial charge < -0.3 is 10.2 Å². The van der Waals surface area contributed by atoms with Crippen LogP contribution in [0.5, 0.6) is 0 Å². The minimum absolute atomic E-state index is 0.0573. The molecule has 1 aliphatic heterocycles. The summed E-state index contributed by atoms with van der Waals surface area (Å²) in [6, 6.07) is 10.3. The molecule has 2 heterocycles. The van der Waals surface area contributed by atoms with E-state index in [1.165, 1.54) is 22.8 Å². The SMILES string of the molecule is O=C(CCn1cc([N+](=O)[O-])cn1)N[C@@H]1CCCN(c2ccccc2)C1. The second-order valence-corrected chi connectivity index (χ2v) is 6.16. The van der Waals surface area contributed by atoms with Gasteiger partial charge in [-0.15, -0.1) is 0 Å². The van der Waals surface area contributed by atoms with E-state index in [-0.39, 0.29) is 24.1 Å². The average Bonchev–Trinajstić information content (AvgIpc) is 3.10. The molecule has 1 saturated heterocycles. The van der Waals surface area contributed by atoms with Gasteiger partial charge in [0.05, 0.1) is 4.92 Å². The van der Waals surface area contributed by atoms with Gasteiger partial charge in [-0.05, 0) is 25.0 Å². The lowest BCUT2D eigenvalue weighted by molar-refractivity contribution is -0.385. The van der Waals surface area contributed by atoms with Gasteiger partial charge in [0, 0.05) is 37.8 Å². The highest BCUT2D eigenvalue weighted by Gasteiger charge is 2.21. The second kappa shape index (κ2) is 7.78. The quantitative estimate of drug-likeness (QED) is 0.639. The number of rotatable bonds is 6. The van der Waals surface area contributed by atoms with Crippen molar-refractivity contribution in [2.75, 3.05) is 18.0 Å². The Kier molecular flexibility index (Phi) is 5.27. The first-order valence-corrected chi connectivity index (χ1v) is 8.38. The van der Waals surface area contributed by atoms with Crippen molar-refractivity contribution in [1.82, 2.24) is 15.1 Å². The lowest BCUT2D eigenvalue weighted by Crippen LogP contribution is -2.48. The fraction of sp³-hybridized carbons (Fsp3) is 0.412. The van der Waals surface area contributed by atoms with E-state index in [0.29, 0.717) is 6.54 Å². The maximum absolute atomic E-state index is 12.2. The first-order valence-electron chi connectivity index (χ1n) is 8.38. The van der Waals surface area contributed by atoms with Crippen LogP contribution in [0.4, 0.5) is 11.4 Å². The number of nitrogens with zero attached hydrogens (tertiary/aromatic N) is 4. The van der Waals surface area contributed by atoms with E-state index >= 15 is 0 Å².